The number of benzene rings is 1. The molecular weight excluding hydrogens is 234 g/mol. The van der Waals surface area contributed by atoms with Crippen molar-refractivity contribution in [3.63, 3.8) is 0 Å². The number of hydrogen-bond donors (Lipinski definition) is 1. The molecule has 0 bridgehead atoms. The Morgan fingerprint density at radius 1 is 1.29 bits per heavy atom. The second kappa shape index (κ2) is 6.27. The van der Waals surface area contributed by atoms with Crippen LogP contribution in [0.4, 0.5) is 0 Å². The van der Waals surface area contributed by atoms with Crippen LogP contribution in [0.2, 0.25) is 5.02 Å². The third-order valence-electron chi connectivity index (χ3n) is 2.51. The third kappa shape index (κ3) is 4.97. The Hall–Kier alpha value is -0.730. The molecule has 1 N–H and O–H groups in total. The Kier molecular flexibility index (Phi) is 5.29. The topological polar surface area (TPSA) is 21.3 Å². The van der Waals surface area contributed by atoms with E-state index in [-0.39, 0.29) is 5.41 Å². The summed E-state index contributed by atoms with van der Waals surface area (Å²) in [5.74, 6) is 0.813. The van der Waals surface area contributed by atoms with E-state index in [0.29, 0.717) is 11.6 Å². The average molecular weight is 256 g/mol. The first-order chi connectivity index (χ1) is 7.94. The summed E-state index contributed by atoms with van der Waals surface area (Å²) in [5, 5.41) is 3.81. The van der Waals surface area contributed by atoms with Crippen LogP contribution < -0.4 is 10.1 Å². The second-order valence-electron chi connectivity index (χ2n) is 5.42. The summed E-state index contributed by atoms with van der Waals surface area (Å²) < 4.78 is 5.82. The molecule has 0 fully saturated rings. The molecule has 0 atom stereocenters. The van der Waals surface area contributed by atoms with E-state index < -0.39 is 0 Å². The van der Waals surface area contributed by atoms with Crippen LogP contribution in [0, 0.1) is 5.41 Å². The molecule has 1 aromatic carbocycles. The lowest BCUT2D eigenvalue weighted by Gasteiger charge is -2.19. The van der Waals surface area contributed by atoms with Crippen LogP contribution in [0.15, 0.2) is 18.2 Å². The van der Waals surface area contributed by atoms with Gasteiger partial charge in [-0.25, -0.2) is 0 Å². The molecule has 0 radical (unpaired) electrons. The molecule has 0 aliphatic carbocycles. The van der Waals surface area contributed by atoms with E-state index in [1.165, 1.54) is 0 Å². The summed E-state index contributed by atoms with van der Waals surface area (Å²) >= 11 is 6.16. The predicted molar refractivity (Wildman–Crippen MR) is 73.8 cm³/mol. The van der Waals surface area contributed by atoms with Gasteiger partial charge >= 0.3 is 0 Å². The van der Waals surface area contributed by atoms with Gasteiger partial charge in [-0.3, -0.25) is 0 Å². The van der Waals surface area contributed by atoms with Crippen LogP contribution in [-0.4, -0.2) is 13.7 Å². The molecule has 17 heavy (non-hydrogen) atoms. The van der Waals surface area contributed by atoms with Crippen molar-refractivity contribution in [1.82, 2.24) is 5.32 Å². The highest BCUT2D eigenvalue weighted by atomic mass is 35.5. The van der Waals surface area contributed by atoms with Gasteiger partial charge in [0, 0.05) is 12.1 Å². The minimum atomic E-state index is 0.282. The first-order valence-electron chi connectivity index (χ1n) is 5.99. The SMILES string of the molecule is CNCc1cccc(Cl)c1OCCC(C)(C)C. The zero-order chi connectivity index (χ0) is 12.9. The summed E-state index contributed by atoms with van der Waals surface area (Å²) in [6.07, 6.45) is 1.01. The summed E-state index contributed by atoms with van der Waals surface area (Å²) in [5.41, 5.74) is 1.39. The Labute approximate surface area is 109 Å². The zero-order valence-electron chi connectivity index (χ0n) is 11.1. The highest BCUT2D eigenvalue weighted by Crippen LogP contribution is 2.29. The lowest BCUT2D eigenvalue weighted by atomic mass is 9.93. The Morgan fingerprint density at radius 3 is 2.59 bits per heavy atom. The lowest BCUT2D eigenvalue weighted by molar-refractivity contribution is 0.241. The summed E-state index contributed by atoms with van der Waals surface area (Å²) in [6.45, 7) is 8.09. The van der Waals surface area contributed by atoms with Gasteiger partial charge in [0.15, 0.2) is 0 Å². The number of nitrogens with one attached hydrogen (secondary N) is 1. The van der Waals surface area contributed by atoms with E-state index in [2.05, 4.69) is 26.1 Å². The minimum absolute atomic E-state index is 0.282. The monoisotopic (exact) mass is 255 g/mol. The van der Waals surface area contributed by atoms with Gasteiger partial charge < -0.3 is 10.1 Å². The highest BCUT2D eigenvalue weighted by molar-refractivity contribution is 6.32. The number of halogens is 1. The molecule has 96 valence electrons. The average Bonchev–Trinajstić information content (AvgIpc) is 2.21. The van der Waals surface area contributed by atoms with Crippen LogP contribution >= 0.6 is 11.6 Å². The van der Waals surface area contributed by atoms with Gasteiger partial charge in [0.1, 0.15) is 5.75 Å². The summed E-state index contributed by atoms with van der Waals surface area (Å²) in [4.78, 5) is 0. The van der Waals surface area contributed by atoms with Crippen LogP contribution in [0.3, 0.4) is 0 Å². The minimum Gasteiger partial charge on any atom is -0.492 e. The van der Waals surface area contributed by atoms with Crippen molar-refractivity contribution < 1.29 is 4.74 Å². The van der Waals surface area contributed by atoms with Crippen molar-refractivity contribution in [3.05, 3.63) is 28.8 Å². The predicted octanol–water partition coefficient (Wildman–Crippen LogP) is 3.87. The molecule has 3 heteroatoms. The van der Waals surface area contributed by atoms with Gasteiger partial charge in [0.2, 0.25) is 0 Å². The molecular formula is C14H22ClNO. The molecule has 0 saturated carbocycles. The number of hydrogen-bond acceptors (Lipinski definition) is 2. The first-order valence-corrected chi connectivity index (χ1v) is 6.36. The van der Waals surface area contributed by atoms with Crippen LogP contribution in [0.25, 0.3) is 0 Å². The quantitative estimate of drug-likeness (QED) is 0.862. The van der Waals surface area contributed by atoms with Gasteiger partial charge in [-0.05, 0) is 24.9 Å². The smallest absolute Gasteiger partial charge is 0.142 e. The Bertz CT molecular complexity index is 358. The highest BCUT2D eigenvalue weighted by Gasteiger charge is 2.12. The van der Waals surface area contributed by atoms with E-state index >= 15 is 0 Å². The molecule has 1 aromatic rings. The Morgan fingerprint density at radius 2 is 2.00 bits per heavy atom. The van der Waals surface area contributed by atoms with Crippen molar-refractivity contribution in [3.8, 4) is 5.75 Å². The van der Waals surface area contributed by atoms with Crippen molar-refractivity contribution in [2.45, 2.75) is 33.7 Å². The first kappa shape index (κ1) is 14.3. The van der Waals surface area contributed by atoms with Crippen molar-refractivity contribution in [1.29, 1.82) is 0 Å². The van der Waals surface area contributed by atoms with Crippen molar-refractivity contribution in [2.75, 3.05) is 13.7 Å². The second-order valence-corrected chi connectivity index (χ2v) is 5.82. The van der Waals surface area contributed by atoms with Gasteiger partial charge in [-0.2, -0.15) is 0 Å². The van der Waals surface area contributed by atoms with Gasteiger partial charge in [-0.1, -0.05) is 44.5 Å². The van der Waals surface area contributed by atoms with Crippen LogP contribution in [-0.2, 0) is 6.54 Å². The third-order valence-corrected chi connectivity index (χ3v) is 2.81. The molecule has 0 saturated heterocycles. The summed E-state index contributed by atoms with van der Waals surface area (Å²) in [7, 11) is 1.92. The van der Waals surface area contributed by atoms with Gasteiger partial charge in [0.25, 0.3) is 0 Å². The number of ether oxygens (including phenoxy) is 1. The maximum absolute atomic E-state index is 6.16. The van der Waals surface area contributed by atoms with E-state index in [0.717, 1.165) is 24.3 Å². The van der Waals surface area contributed by atoms with Gasteiger partial charge in [-0.15, -0.1) is 0 Å². The van der Waals surface area contributed by atoms with Crippen molar-refractivity contribution in [2.24, 2.45) is 5.41 Å². The standard InChI is InChI=1S/C14H22ClNO/c1-14(2,3)8-9-17-13-11(10-16-4)6-5-7-12(13)15/h5-7,16H,8-10H2,1-4H3. The normalized spacial score (nSPS) is 11.6. The molecule has 0 aromatic heterocycles. The van der Waals surface area contributed by atoms with E-state index in [4.69, 9.17) is 16.3 Å². The van der Waals surface area contributed by atoms with Crippen LogP contribution in [0.5, 0.6) is 5.75 Å². The lowest BCUT2D eigenvalue weighted by Crippen LogP contribution is -2.13. The Balaban J connectivity index is 2.68. The maximum atomic E-state index is 6.16. The molecule has 0 aliphatic heterocycles. The molecule has 0 unspecified atom stereocenters. The van der Waals surface area contributed by atoms with Gasteiger partial charge in [0.05, 0.1) is 11.6 Å². The molecule has 2 nitrogen and oxygen atoms in total. The zero-order valence-corrected chi connectivity index (χ0v) is 11.9. The van der Waals surface area contributed by atoms with E-state index in [1.54, 1.807) is 0 Å². The molecule has 1 rings (SSSR count). The maximum Gasteiger partial charge on any atom is 0.142 e. The fourth-order valence-electron chi connectivity index (χ4n) is 1.50. The van der Waals surface area contributed by atoms with E-state index in [1.807, 2.05) is 25.2 Å². The summed E-state index contributed by atoms with van der Waals surface area (Å²) in [6, 6.07) is 5.85. The molecule has 0 spiro atoms. The van der Waals surface area contributed by atoms with Crippen molar-refractivity contribution >= 4 is 11.6 Å². The fourth-order valence-corrected chi connectivity index (χ4v) is 1.75. The van der Waals surface area contributed by atoms with Crippen LogP contribution in [0.1, 0.15) is 32.8 Å². The molecule has 0 amide bonds. The largest absolute Gasteiger partial charge is 0.492 e. The molecule has 0 heterocycles. The number of rotatable bonds is 5. The number of para-hydroxylation sites is 1. The fraction of sp³-hybridized carbons (Fsp3) is 0.571. The van der Waals surface area contributed by atoms with E-state index in [9.17, 15) is 0 Å². The molecule has 0 aliphatic rings.